The first-order chi connectivity index (χ1) is 14.9. The molecule has 158 valence electrons. The standard InChI is InChI=1S/C24H19Cl2NO4/c25-15-10-9-14(21(26)12-15)11-22(23(28)29)27-24(30)31-13-20-18-7-3-1-5-16(18)17-6-2-4-8-19(17)20/h1-10,12,20,22H,11,13H2,(H,27,30)(H,28,29)/t22-/m1/s1. The minimum absolute atomic E-state index is 0.00946. The van der Waals surface area contributed by atoms with Gasteiger partial charge in [0.25, 0.3) is 0 Å². The highest BCUT2D eigenvalue weighted by Crippen LogP contribution is 2.44. The Morgan fingerprint density at radius 3 is 2.16 bits per heavy atom. The molecule has 7 heteroatoms. The van der Waals surface area contributed by atoms with Crippen LogP contribution in [0.4, 0.5) is 4.79 Å². The molecule has 0 saturated heterocycles. The van der Waals surface area contributed by atoms with Crippen molar-refractivity contribution in [3.63, 3.8) is 0 Å². The molecule has 0 saturated carbocycles. The molecule has 0 bridgehead atoms. The number of amides is 1. The van der Waals surface area contributed by atoms with E-state index in [0.717, 1.165) is 22.3 Å². The second-order valence-electron chi connectivity index (χ2n) is 7.30. The van der Waals surface area contributed by atoms with Crippen molar-refractivity contribution in [2.75, 3.05) is 6.61 Å². The Balaban J connectivity index is 1.44. The monoisotopic (exact) mass is 455 g/mol. The normalized spacial score (nSPS) is 13.2. The van der Waals surface area contributed by atoms with Crippen molar-refractivity contribution in [1.29, 1.82) is 0 Å². The summed E-state index contributed by atoms with van der Waals surface area (Å²) in [5, 5.41) is 12.7. The summed E-state index contributed by atoms with van der Waals surface area (Å²) in [6, 6.07) is 19.6. The third-order valence-electron chi connectivity index (χ3n) is 5.37. The van der Waals surface area contributed by atoms with E-state index < -0.39 is 18.1 Å². The fourth-order valence-corrected chi connectivity index (χ4v) is 4.38. The van der Waals surface area contributed by atoms with E-state index in [1.807, 2.05) is 48.5 Å². The number of aliphatic carboxylic acids is 1. The molecule has 4 rings (SSSR count). The molecule has 5 nitrogen and oxygen atoms in total. The number of carbonyl (C=O) groups excluding carboxylic acids is 1. The van der Waals surface area contributed by atoms with E-state index >= 15 is 0 Å². The van der Waals surface area contributed by atoms with Crippen LogP contribution in [0.1, 0.15) is 22.6 Å². The minimum Gasteiger partial charge on any atom is -0.480 e. The van der Waals surface area contributed by atoms with Crippen LogP contribution >= 0.6 is 23.2 Å². The summed E-state index contributed by atoms with van der Waals surface area (Å²) in [6.45, 7) is 0.105. The molecule has 3 aromatic rings. The molecule has 0 heterocycles. The summed E-state index contributed by atoms with van der Waals surface area (Å²) in [5.41, 5.74) is 4.97. The molecular weight excluding hydrogens is 437 g/mol. The van der Waals surface area contributed by atoms with Gasteiger partial charge >= 0.3 is 12.1 Å². The van der Waals surface area contributed by atoms with Crippen LogP contribution in [0.2, 0.25) is 10.0 Å². The summed E-state index contributed by atoms with van der Waals surface area (Å²) in [4.78, 5) is 24.1. The lowest BCUT2D eigenvalue weighted by Crippen LogP contribution is -2.43. The number of nitrogens with one attached hydrogen (secondary N) is 1. The average molecular weight is 456 g/mol. The van der Waals surface area contributed by atoms with Crippen LogP contribution < -0.4 is 5.32 Å². The van der Waals surface area contributed by atoms with Crippen molar-refractivity contribution < 1.29 is 19.4 Å². The van der Waals surface area contributed by atoms with Gasteiger partial charge in [-0.25, -0.2) is 9.59 Å². The Kier molecular flexibility index (Phi) is 6.16. The number of carboxylic acid groups (broad SMARTS) is 1. The van der Waals surface area contributed by atoms with Crippen LogP contribution in [0.15, 0.2) is 66.7 Å². The van der Waals surface area contributed by atoms with Gasteiger partial charge in [0.2, 0.25) is 0 Å². The molecule has 0 unspecified atom stereocenters. The van der Waals surface area contributed by atoms with Crippen LogP contribution in [0.3, 0.4) is 0 Å². The predicted molar refractivity (Wildman–Crippen MR) is 120 cm³/mol. The summed E-state index contributed by atoms with van der Waals surface area (Å²) in [5.74, 6) is -1.29. The van der Waals surface area contributed by atoms with Gasteiger partial charge in [0.05, 0.1) is 0 Å². The molecule has 0 aliphatic heterocycles. The first-order valence-electron chi connectivity index (χ1n) is 9.72. The average Bonchev–Trinajstić information content (AvgIpc) is 3.07. The minimum atomic E-state index is -1.19. The van der Waals surface area contributed by atoms with Crippen LogP contribution in [-0.4, -0.2) is 29.8 Å². The highest BCUT2D eigenvalue weighted by molar-refractivity contribution is 6.35. The molecule has 0 fully saturated rings. The van der Waals surface area contributed by atoms with Crippen LogP contribution in [0.25, 0.3) is 11.1 Å². The van der Waals surface area contributed by atoms with E-state index in [1.165, 1.54) is 6.07 Å². The second-order valence-corrected chi connectivity index (χ2v) is 8.14. The van der Waals surface area contributed by atoms with Crippen molar-refractivity contribution in [1.82, 2.24) is 5.32 Å². The van der Waals surface area contributed by atoms with Crippen molar-refractivity contribution >= 4 is 35.3 Å². The number of rotatable bonds is 6. The van der Waals surface area contributed by atoms with Gasteiger partial charge in [-0.05, 0) is 39.9 Å². The molecule has 1 atom stereocenters. The van der Waals surface area contributed by atoms with Gasteiger partial charge in [-0.2, -0.15) is 0 Å². The molecule has 0 spiro atoms. The summed E-state index contributed by atoms with van der Waals surface area (Å²) >= 11 is 12.0. The van der Waals surface area contributed by atoms with E-state index in [9.17, 15) is 14.7 Å². The first-order valence-corrected chi connectivity index (χ1v) is 10.5. The number of ether oxygens (including phenoxy) is 1. The van der Waals surface area contributed by atoms with E-state index in [-0.39, 0.29) is 18.9 Å². The van der Waals surface area contributed by atoms with Crippen LogP contribution in [0, 0.1) is 0 Å². The van der Waals surface area contributed by atoms with Gasteiger partial charge in [-0.3, -0.25) is 0 Å². The van der Waals surface area contributed by atoms with Gasteiger partial charge in [0, 0.05) is 22.4 Å². The summed E-state index contributed by atoms with van der Waals surface area (Å²) in [7, 11) is 0. The molecule has 1 aliphatic rings. The summed E-state index contributed by atoms with van der Waals surface area (Å²) in [6.07, 6.45) is -0.783. The number of alkyl carbamates (subject to hydrolysis) is 1. The molecule has 31 heavy (non-hydrogen) atoms. The number of halogens is 2. The Bertz CT molecular complexity index is 1100. The number of benzene rings is 3. The van der Waals surface area contributed by atoms with E-state index in [4.69, 9.17) is 27.9 Å². The number of carbonyl (C=O) groups is 2. The SMILES string of the molecule is O=C(N[C@H](Cc1ccc(Cl)cc1Cl)C(=O)O)OCC1c2ccccc2-c2ccccc21. The Morgan fingerprint density at radius 2 is 1.58 bits per heavy atom. The molecule has 1 aliphatic carbocycles. The zero-order chi connectivity index (χ0) is 22.0. The van der Waals surface area contributed by atoms with Crippen molar-refractivity contribution in [3.8, 4) is 11.1 Å². The molecule has 3 aromatic carbocycles. The van der Waals surface area contributed by atoms with Gasteiger partial charge in [-0.1, -0.05) is 77.8 Å². The summed E-state index contributed by atoms with van der Waals surface area (Å²) < 4.78 is 5.44. The Labute approximate surface area is 189 Å². The van der Waals surface area contributed by atoms with Crippen molar-refractivity contribution in [3.05, 3.63) is 93.5 Å². The maximum Gasteiger partial charge on any atom is 0.407 e. The van der Waals surface area contributed by atoms with Crippen LogP contribution in [-0.2, 0) is 16.0 Å². The largest absolute Gasteiger partial charge is 0.480 e. The number of hydrogen-bond acceptors (Lipinski definition) is 3. The lowest BCUT2D eigenvalue weighted by Gasteiger charge is -2.18. The zero-order valence-corrected chi connectivity index (χ0v) is 17.9. The maximum atomic E-state index is 12.4. The topological polar surface area (TPSA) is 75.6 Å². The first kappa shape index (κ1) is 21.2. The van der Waals surface area contributed by atoms with Gasteiger partial charge in [0.1, 0.15) is 12.6 Å². The van der Waals surface area contributed by atoms with Gasteiger partial charge in [-0.15, -0.1) is 0 Å². The molecule has 0 radical (unpaired) electrons. The highest BCUT2D eigenvalue weighted by atomic mass is 35.5. The lowest BCUT2D eigenvalue weighted by atomic mass is 9.98. The maximum absolute atomic E-state index is 12.4. The number of fused-ring (bicyclic) bond motifs is 3. The van der Waals surface area contributed by atoms with Crippen LogP contribution in [0.5, 0.6) is 0 Å². The zero-order valence-electron chi connectivity index (χ0n) is 16.3. The molecule has 1 amide bonds. The second kappa shape index (κ2) is 9.00. The van der Waals surface area contributed by atoms with Gasteiger partial charge < -0.3 is 15.2 Å². The fourth-order valence-electron chi connectivity index (χ4n) is 3.89. The van der Waals surface area contributed by atoms with Crippen molar-refractivity contribution in [2.24, 2.45) is 0 Å². The third kappa shape index (κ3) is 4.53. The number of carboxylic acids is 1. The van der Waals surface area contributed by atoms with E-state index in [1.54, 1.807) is 12.1 Å². The highest BCUT2D eigenvalue weighted by Gasteiger charge is 2.30. The number of hydrogen-bond donors (Lipinski definition) is 2. The molecule has 2 N–H and O–H groups in total. The van der Waals surface area contributed by atoms with E-state index in [0.29, 0.717) is 15.6 Å². The molecule has 0 aromatic heterocycles. The third-order valence-corrected chi connectivity index (χ3v) is 5.96. The van der Waals surface area contributed by atoms with E-state index in [2.05, 4.69) is 5.32 Å². The lowest BCUT2D eigenvalue weighted by molar-refractivity contribution is -0.139. The Hall–Kier alpha value is -3.02. The van der Waals surface area contributed by atoms with Crippen molar-refractivity contribution in [2.45, 2.75) is 18.4 Å². The quantitative estimate of drug-likeness (QED) is 0.512. The fraction of sp³-hybridized carbons (Fsp3) is 0.167. The van der Waals surface area contributed by atoms with Gasteiger partial charge in [0.15, 0.2) is 0 Å². The molecular formula is C24H19Cl2NO4. The smallest absolute Gasteiger partial charge is 0.407 e. The Morgan fingerprint density at radius 1 is 0.968 bits per heavy atom. The predicted octanol–water partition coefficient (Wildman–Crippen LogP) is 5.53.